The van der Waals surface area contributed by atoms with Gasteiger partial charge in [0.2, 0.25) is 0 Å². The molecule has 1 aromatic rings. The number of nitrogens with zero attached hydrogens (tertiary/aromatic N) is 4. The molecule has 0 unspecified atom stereocenters. The summed E-state index contributed by atoms with van der Waals surface area (Å²) < 4.78 is 0. The van der Waals surface area contributed by atoms with Gasteiger partial charge in [-0.05, 0) is 16.8 Å². The second-order valence-corrected chi connectivity index (χ2v) is 1.82. The number of carboxylic acids is 1. The van der Waals surface area contributed by atoms with Crippen molar-refractivity contribution in [1.29, 1.82) is 0 Å². The van der Waals surface area contributed by atoms with Crippen LogP contribution in [0.3, 0.4) is 0 Å². The van der Waals surface area contributed by atoms with Gasteiger partial charge in [-0.2, -0.15) is 4.80 Å². The lowest BCUT2D eigenvalue weighted by molar-refractivity contribution is -0.138. The molecule has 10 heavy (non-hydrogen) atoms. The van der Waals surface area contributed by atoms with E-state index in [1.807, 2.05) is 0 Å². The van der Waals surface area contributed by atoms with Crippen LogP contribution in [0, 0.1) is 0 Å². The predicted molar refractivity (Wildman–Crippen MR) is 30.5 cm³/mol. The van der Waals surface area contributed by atoms with Crippen molar-refractivity contribution < 1.29 is 9.90 Å². The first-order valence-corrected chi connectivity index (χ1v) is 2.71. The Morgan fingerprint density at radius 3 is 2.90 bits per heavy atom. The number of halogens is 1. The van der Waals surface area contributed by atoms with Crippen LogP contribution in [-0.2, 0) is 11.3 Å². The maximum absolute atomic E-state index is 10.0. The van der Waals surface area contributed by atoms with Crippen LogP contribution in [0.25, 0.3) is 0 Å². The third-order valence-corrected chi connectivity index (χ3v) is 0.856. The van der Waals surface area contributed by atoms with E-state index in [1.54, 1.807) is 0 Å². The molecule has 0 radical (unpaired) electrons. The monoisotopic (exact) mass is 162 g/mol. The zero-order chi connectivity index (χ0) is 7.56. The lowest BCUT2D eigenvalue weighted by atomic mass is 10.7. The van der Waals surface area contributed by atoms with Crippen LogP contribution in [0.15, 0.2) is 0 Å². The minimum Gasteiger partial charge on any atom is -0.480 e. The minimum absolute atomic E-state index is 0.0544. The van der Waals surface area contributed by atoms with E-state index >= 15 is 0 Å². The fourth-order valence-corrected chi connectivity index (χ4v) is 0.533. The molecule has 0 saturated heterocycles. The fraction of sp³-hybridized carbons (Fsp3) is 0.333. The summed E-state index contributed by atoms with van der Waals surface area (Å²) in [5, 5.41) is 18.2. The van der Waals surface area contributed by atoms with Crippen molar-refractivity contribution in [2.45, 2.75) is 6.54 Å². The lowest BCUT2D eigenvalue weighted by Gasteiger charge is -1.87. The maximum atomic E-state index is 10.0. The molecule has 0 aromatic carbocycles. The van der Waals surface area contributed by atoms with Crippen molar-refractivity contribution >= 4 is 17.6 Å². The Kier molecular flexibility index (Phi) is 1.81. The first kappa shape index (κ1) is 6.94. The van der Waals surface area contributed by atoms with Gasteiger partial charge in [0, 0.05) is 0 Å². The number of hydrogen-bond donors (Lipinski definition) is 1. The molecule has 0 saturated carbocycles. The van der Waals surface area contributed by atoms with Crippen molar-refractivity contribution in [3.05, 3.63) is 5.28 Å². The molecule has 0 bridgehead atoms. The van der Waals surface area contributed by atoms with Gasteiger partial charge in [-0.1, -0.05) is 5.10 Å². The topological polar surface area (TPSA) is 80.9 Å². The first-order chi connectivity index (χ1) is 4.68. The largest absolute Gasteiger partial charge is 0.480 e. The number of aliphatic carboxylic acids is 1. The second-order valence-electron chi connectivity index (χ2n) is 1.48. The molecule has 0 aliphatic carbocycles. The number of aromatic nitrogens is 4. The molecule has 0 amide bonds. The van der Waals surface area contributed by atoms with E-state index in [4.69, 9.17) is 16.7 Å². The van der Waals surface area contributed by atoms with Crippen molar-refractivity contribution in [2.24, 2.45) is 0 Å². The number of carboxylic acid groups (broad SMARTS) is 1. The quantitative estimate of drug-likeness (QED) is 0.629. The molecule has 1 N–H and O–H groups in total. The SMILES string of the molecule is O=C(O)Cn1nnc(Cl)n1. The summed E-state index contributed by atoms with van der Waals surface area (Å²) in [6, 6.07) is 0. The fourth-order valence-electron chi connectivity index (χ4n) is 0.412. The number of hydrogen-bond acceptors (Lipinski definition) is 4. The predicted octanol–water partition coefficient (Wildman–Crippen LogP) is -0.589. The van der Waals surface area contributed by atoms with E-state index in [0.717, 1.165) is 4.80 Å². The van der Waals surface area contributed by atoms with Gasteiger partial charge in [0.25, 0.3) is 5.28 Å². The van der Waals surface area contributed by atoms with Gasteiger partial charge in [0.1, 0.15) is 0 Å². The molecule has 6 nitrogen and oxygen atoms in total. The van der Waals surface area contributed by atoms with Gasteiger partial charge in [0.05, 0.1) is 0 Å². The summed E-state index contributed by atoms with van der Waals surface area (Å²) in [6.45, 7) is -0.320. The standard InChI is InChI=1S/C3H3ClN4O2/c4-3-5-7-8(6-3)1-2(9)10/h1H2,(H,9,10). The van der Waals surface area contributed by atoms with E-state index in [2.05, 4.69) is 15.4 Å². The van der Waals surface area contributed by atoms with E-state index < -0.39 is 5.97 Å². The summed E-state index contributed by atoms with van der Waals surface area (Å²) in [4.78, 5) is 10.9. The minimum atomic E-state index is -1.03. The van der Waals surface area contributed by atoms with E-state index in [9.17, 15) is 4.79 Å². The van der Waals surface area contributed by atoms with Crippen LogP contribution in [-0.4, -0.2) is 31.3 Å². The highest BCUT2D eigenvalue weighted by atomic mass is 35.5. The summed E-state index contributed by atoms with van der Waals surface area (Å²) in [5.41, 5.74) is 0. The molecule has 1 rings (SSSR count). The smallest absolute Gasteiger partial charge is 0.327 e. The highest BCUT2D eigenvalue weighted by molar-refractivity contribution is 6.28. The van der Waals surface area contributed by atoms with E-state index in [1.165, 1.54) is 0 Å². The van der Waals surface area contributed by atoms with Gasteiger partial charge in [0.15, 0.2) is 6.54 Å². The van der Waals surface area contributed by atoms with Crippen molar-refractivity contribution in [2.75, 3.05) is 0 Å². The van der Waals surface area contributed by atoms with Gasteiger partial charge < -0.3 is 5.11 Å². The van der Waals surface area contributed by atoms with Gasteiger partial charge in [-0.25, -0.2) is 0 Å². The molecule has 0 fully saturated rings. The molecule has 0 aliphatic rings. The number of carbonyl (C=O) groups is 1. The van der Waals surface area contributed by atoms with Gasteiger partial charge >= 0.3 is 5.97 Å². The molecule has 0 aliphatic heterocycles. The van der Waals surface area contributed by atoms with E-state index in [0.29, 0.717) is 0 Å². The van der Waals surface area contributed by atoms with Crippen LogP contribution in [0.2, 0.25) is 5.28 Å². The third-order valence-electron chi connectivity index (χ3n) is 0.705. The average molecular weight is 163 g/mol. The molecule has 0 atom stereocenters. The Balaban J connectivity index is 2.67. The van der Waals surface area contributed by atoms with Crippen LogP contribution in [0.4, 0.5) is 0 Å². The van der Waals surface area contributed by atoms with Crippen molar-refractivity contribution in [1.82, 2.24) is 20.2 Å². The zero-order valence-corrected chi connectivity index (χ0v) is 5.49. The highest BCUT2D eigenvalue weighted by Gasteiger charge is 2.02. The third kappa shape index (κ3) is 1.66. The van der Waals surface area contributed by atoms with Crippen LogP contribution in [0.5, 0.6) is 0 Å². The molecule has 54 valence electrons. The molecule has 1 heterocycles. The molecule has 1 aromatic heterocycles. The lowest BCUT2D eigenvalue weighted by Crippen LogP contribution is -2.11. The summed E-state index contributed by atoms with van der Waals surface area (Å²) >= 11 is 5.25. The number of tetrazole rings is 1. The summed E-state index contributed by atoms with van der Waals surface area (Å²) in [5.74, 6) is -1.03. The van der Waals surface area contributed by atoms with Crippen LogP contribution >= 0.6 is 11.6 Å². The van der Waals surface area contributed by atoms with Crippen molar-refractivity contribution in [3.8, 4) is 0 Å². The Hall–Kier alpha value is -1.17. The Morgan fingerprint density at radius 1 is 1.80 bits per heavy atom. The molecule has 0 spiro atoms. The van der Waals surface area contributed by atoms with Gasteiger partial charge in [-0.15, -0.1) is 5.10 Å². The summed E-state index contributed by atoms with van der Waals surface area (Å²) in [7, 11) is 0. The van der Waals surface area contributed by atoms with Gasteiger partial charge in [-0.3, -0.25) is 4.79 Å². The average Bonchev–Trinajstić information content (AvgIpc) is 2.13. The highest BCUT2D eigenvalue weighted by Crippen LogP contribution is 1.92. The zero-order valence-electron chi connectivity index (χ0n) is 4.73. The molecular formula is C3H3ClN4O2. The van der Waals surface area contributed by atoms with Crippen LogP contribution < -0.4 is 0 Å². The number of rotatable bonds is 2. The van der Waals surface area contributed by atoms with Crippen molar-refractivity contribution in [3.63, 3.8) is 0 Å². The Labute approximate surface area is 60.4 Å². The Morgan fingerprint density at radius 2 is 2.50 bits per heavy atom. The first-order valence-electron chi connectivity index (χ1n) is 2.33. The second kappa shape index (κ2) is 2.61. The molecule has 7 heteroatoms. The molecular weight excluding hydrogens is 160 g/mol. The van der Waals surface area contributed by atoms with E-state index in [-0.39, 0.29) is 11.8 Å². The maximum Gasteiger partial charge on any atom is 0.327 e. The normalized spacial score (nSPS) is 9.70. The Bertz CT molecular complexity index is 246. The van der Waals surface area contributed by atoms with Crippen LogP contribution in [0.1, 0.15) is 0 Å². The summed E-state index contributed by atoms with van der Waals surface area (Å²) in [6.07, 6.45) is 0.